The van der Waals surface area contributed by atoms with Crippen LogP contribution < -0.4 is 0 Å². The molecule has 0 aromatic heterocycles. The molecule has 1 atom stereocenters. The lowest BCUT2D eigenvalue weighted by Gasteiger charge is -2.32. The van der Waals surface area contributed by atoms with E-state index in [1.54, 1.807) is 0 Å². The van der Waals surface area contributed by atoms with Gasteiger partial charge in [0.25, 0.3) is 0 Å². The molecule has 0 amide bonds. The molecule has 1 unspecified atom stereocenters. The number of ether oxygens (including phenoxy) is 1. The van der Waals surface area contributed by atoms with Crippen molar-refractivity contribution in [1.29, 1.82) is 0 Å². The maximum atomic E-state index is 6.00. The largest absolute Gasteiger partial charge is 0.487 e. The zero-order valence-electron chi connectivity index (χ0n) is 12.3. The molecule has 0 aromatic rings. The molecule has 0 radical (unpaired) electrons. The second-order valence-corrected chi connectivity index (χ2v) is 6.30. The van der Waals surface area contributed by atoms with E-state index in [9.17, 15) is 0 Å². The summed E-state index contributed by atoms with van der Waals surface area (Å²) in [5.41, 5.74) is 0.917. The average Bonchev–Trinajstić information content (AvgIpc) is 2.47. The molecule has 2 aliphatic heterocycles. The van der Waals surface area contributed by atoms with Crippen molar-refractivity contribution in [2.24, 2.45) is 0 Å². The molecule has 0 aliphatic carbocycles. The Hall–Kier alpha value is -0.315. The zero-order chi connectivity index (χ0) is 13.4. The molecule has 2 rings (SSSR count). The highest BCUT2D eigenvalue weighted by atomic mass is 16.7. The predicted octanol–water partition coefficient (Wildman–Crippen LogP) is 3.13. The Kier molecular flexibility index (Phi) is 3.91. The van der Waals surface area contributed by atoms with Crippen molar-refractivity contribution in [1.82, 2.24) is 0 Å². The van der Waals surface area contributed by atoms with Crippen LogP contribution in [0.5, 0.6) is 0 Å². The van der Waals surface area contributed by atoms with Gasteiger partial charge in [0.2, 0.25) is 0 Å². The molecule has 4 heteroatoms. The SMILES string of the molecule is CCC1C/C(=C/B2OC(C)(C)C(C)(C)O2)CCO1. The Bertz CT molecular complexity index is 320. The van der Waals surface area contributed by atoms with E-state index in [2.05, 4.69) is 40.6 Å². The fourth-order valence-corrected chi connectivity index (χ4v) is 2.37. The normalized spacial score (nSPS) is 33.1. The first-order valence-electron chi connectivity index (χ1n) is 7.01. The van der Waals surface area contributed by atoms with E-state index in [4.69, 9.17) is 14.0 Å². The van der Waals surface area contributed by atoms with Crippen molar-refractivity contribution in [3.63, 3.8) is 0 Å². The Morgan fingerprint density at radius 3 is 2.39 bits per heavy atom. The summed E-state index contributed by atoms with van der Waals surface area (Å²) in [5.74, 6) is 2.15. The fourth-order valence-electron chi connectivity index (χ4n) is 2.37. The van der Waals surface area contributed by atoms with Crippen molar-refractivity contribution >= 4 is 7.12 Å². The maximum absolute atomic E-state index is 6.00. The molecule has 2 saturated heterocycles. The van der Waals surface area contributed by atoms with Crippen LogP contribution in [0, 0.1) is 0 Å². The third-order valence-corrected chi connectivity index (χ3v) is 4.37. The minimum Gasteiger partial charge on any atom is -0.400 e. The first-order chi connectivity index (χ1) is 8.34. The maximum Gasteiger partial charge on any atom is 0.487 e. The van der Waals surface area contributed by atoms with Crippen LogP contribution in [-0.4, -0.2) is 31.0 Å². The van der Waals surface area contributed by atoms with Crippen molar-refractivity contribution in [3.05, 3.63) is 11.5 Å². The molecular weight excluding hydrogens is 227 g/mol. The van der Waals surface area contributed by atoms with Crippen LogP contribution in [-0.2, 0) is 14.0 Å². The molecule has 0 saturated carbocycles. The standard InChI is InChI=1S/C14H25BO3/c1-6-12-9-11(7-8-16-12)10-15-17-13(2,3)14(4,5)18-15/h10,12H,6-9H2,1-5H3/b11-10+. The Morgan fingerprint density at radius 2 is 1.83 bits per heavy atom. The molecule has 0 aromatic carbocycles. The molecule has 18 heavy (non-hydrogen) atoms. The average molecular weight is 252 g/mol. The van der Waals surface area contributed by atoms with Gasteiger partial charge >= 0.3 is 7.12 Å². The van der Waals surface area contributed by atoms with Gasteiger partial charge in [0, 0.05) is 0 Å². The van der Waals surface area contributed by atoms with Gasteiger partial charge in [-0.2, -0.15) is 0 Å². The van der Waals surface area contributed by atoms with Gasteiger partial charge in [-0.3, -0.25) is 0 Å². The first-order valence-corrected chi connectivity index (χ1v) is 7.01. The fraction of sp³-hybridized carbons (Fsp3) is 0.857. The Morgan fingerprint density at radius 1 is 1.22 bits per heavy atom. The molecule has 2 heterocycles. The topological polar surface area (TPSA) is 27.7 Å². The van der Waals surface area contributed by atoms with Crippen LogP contribution in [0.15, 0.2) is 11.5 Å². The van der Waals surface area contributed by atoms with Crippen LogP contribution in [0.3, 0.4) is 0 Å². The lowest BCUT2D eigenvalue weighted by molar-refractivity contribution is 0.00578. The summed E-state index contributed by atoms with van der Waals surface area (Å²) in [6.07, 6.45) is 3.45. The highest BCUT2D eigenvalue weighted by molar-refractivity contribution is 6.51. The Balaban J connectivity index is 2.02. The second kappa shape index (κ2) is 4.99. The molecule has 0 bridgehead atoms. The van der Waals surface area contributed by atoms with Crippen molar-refractivity contribution in [3.8, 4) is 0 Å². The lowest BCUT2D eigenvalue weighted by atomic mass is 9.83. The van der Waals surface area contributed by atoms with Gasteiger partial charge in [-0.25, -0.2) is 0 Å². The monoisotopic (exact) mass is 252 g/mol. The van der Waals surface area contributed by atoms with Gasteiger partial charge in [0.1, 0.15) is 0 Å². The van der Waals surface area contributed by atoms with E-state index >= 15 is 0 Å². The zero-order valence-corrected chi connectivity index (χ0v) is 12.3. The van der Waals surface area contributed by atoms with Gasteiger partial charge in [0.05, 0.1) is 23.9 Å². The summed E-state index contributed by atoms with van der Waals surface area (Å²) in [6.45, 7) is 11.3. The van der Waals surface area contributed by atoms with E-state index < -0.39 is 0 Å². The summed E-state index contributed by atoms with van der Waals surface area (Å²) in [6, 6.07) is 0. The summed E-state index contributed by atoms with van der Waals surface area (Å²) in [7, 11) is -0.208. The van der Waals surface area contributed by atoms with E-state index in [0.29, 0.717) is 6.10 Å². The van der Waals surface area contributed by atoms with Gasteiger partial charge < -0.3 is 14.0 Å². The Labute approximate surface area is 111 Å². The summed E-state index contributed by atoms with van der Waals surface area (Å²) < 4.78 is 17.7. The molecule has 0 spiro atoms. The molecule has 3 nitrogen and oxygen atoms in total. The van der Waals surface area contributed by atoms with Crippen LogP contribution >= 0.6 is 0 Å². The number of rotatable bonds is 2. The minimum absolute atomic E-state index is 0.208. The van der Waals surface area contributed by atoms with Crippen LogP contribution in [0.1, 0.15) is 53.9 Å². The van der Waals surface area contributed by atoms with Crippen LogP contribution in [0.2, 0.25) is 0 Å². The predicted molar refractivity (Wildman–Crippen MR) is 73.4 cm³/mol. The van der Waals surface area contributed by atoms with E-state index in [1.807, 2.05) is 0 Å². The van der Waals surface area contributed by atoms with Crippen LogP contribution in [0.4, 0.5) is 0 Å². The van der Waals surface area contributed by atoms with Crippen molar-refractivity contribution < 1.29 is 14.0 Å². The molecule has 2 aliphatic rings. The van der Waals surface area contributed by atoms with E-state index in [-0.39, 0.29) is 18.3 Å². The van der Waals surface area contributed by atoms with Crippen molar-refractivity contribution in [2.45, 2.75) is 71.2 Å². The van der Waals surface area contributed by atoms with Gasteiger partial charge in [-0.1, -0.05) is 18.5 Å². The molecule has 0 N–H and O–H groups in total. The third kappa shape index (κ3) is 2.81. The van der Waals surface area contributed by atoms with Gasteiger partial charge in [-0.15, -0.1) is 0 Å². The highest BCUT2D eigenvalue weighted by Crippen LogP contribution is 2.37. The number of hydrogen-bond donors (Lipinski definition) is 0. The minimum atomic E-state index is -0.246. The molecule has 102 valence electrons. The quantitative estimate of drug-likeness (QED) is 0.706. The van der Waals surface area contributed by atoms with Gasteiger partial charge in [0.15, 0.2) is 0 Å². The first kappa shape index (κ1) is 14.1. The smallest absolute Gasteiger partial charge is 0.400 e. The van der Waals surface area contributed by atoms with Gasteiger partial charge in [-0.05, 0) is 47.0 Å². The van der Waals surface area contributed by atoms with Crippen LogP contribution in [0.25, 0.3) is 0 Å². The lowest BCUT2D eigenvalue weighted by Crippen LogP contribution is -2.41. The molecule has 2 fully saturated rings. The summed E-state index contributed by atoms with van der Waals surface area (Å²) in [5, 5.41) is 0. The molecular formula is C14H25BO3. The second-order valence-electron chi connectivity index (χ2n) is 6.30. The van der Waals surface area contributed by atoms with E-state index in [1.165, 1.54) is 5.57 Å². The third-order valence-electron chi connectivity index (χ3n) is 4.37. The highest BCUT2D eigenvalue weighted by Gasteiger charge is 2.50. The van der Waals surface area contributed by atoms with Crippen molar-refractivity contribution in [2.75, 3.05) is 6.61 Å². The van der Waals surface area contributed by atoms with E-state index in [0.717, 1.165) is 25.9 Å². The number of hydrogen-bond acceptors (Lipinski definition) is 3. The summed E-state index contributed by atoms with van der Waals surface area (Å²) >= 11 is 0. The summed E-state index contributed by atoms with van der Waals surface area (Å²) in [4.78, 5) is 0.